The number of rotatable bonds is 7. The summed E-state index contributed by atoms with van der Waals surface area (Å²) in [5.74, 6) is -1.19. The van der Waals surface area contributed by atoms with Crippen LogP contribution in [-0.2, 0) is 19.3 Å². The number of Topliss-reactive ketones (excluding diaryl/α,β-unsaturated/α-hetero) is 1. The lowest BCUT2D eigenvalue weighted by molar-refractivity contribution is -0.137. The van der Waals surface area contributed by atoms with Gasteiger partial charge in [0.2, 0.25) is 0 Å². The molecular formula is C21H19F3N4O3S. The number of hydrogen-bond donors (Lipinski definition) is 1. The molecule has 0 aliphatic carbocycles. The van der Waals surface area contributed by atoms with Gasteiger partial charge < -0.3 is 5.73 Å². The summed E-state index contributed by atoms with van der Waals surface area (Å²) in [6.07, 6.45) is -3.84. The van der Waals surface area contributed by atoms with Crippen molar-refractivity contribution in [3.05, 3.63) is 86.2 Å². The largest absolute Gasteiger partial charge is 0.417 e. The molecule has 32 heavy (non-hydrogen) atoms. The Morgan fingerprint density at radius 3 is 2.34 bits per heavy atom. The number of alkyl halides is 3. The van der Waals surface area contributed by atoms with E-state index in [0.29, 0.717) is 6.20 Å². The minimum absolute atomic E-state index is 0.0423. The Kier molecular flexibility index (Phi) is 6.87. The highest BCUT2D eigenvalue weighted by atomic mass is 32.2. The summed E-state index contributed by atoms with van der Waals surface area (Å²) in [4.78, 5) is 42.0. The van der Waals surface area contributed by atoms with Crippen molar-refractivity contribution in [1.82, 2.24) is 14.1 Å². The first-order valence-electron chi connectivity index (χ1n) is 9.49. The van der Waals surface area contributed by atoms with Crippen LogP contribution in [0.15, 0.2) is 63.3 Å². The molecule has 2 aromatic heterocycles. The first-order chi connectivity index (χ1) is 15.1. The Bertz CT molecular complexity index is 1240. The fourth-order valence-electron chi connectivity index (χ4n) is 3.02. The van der Waals surface area contributed by atoms with Gasteiger partial charge in [-0.15, -0.1) is 0 Å². The summed E-state index contributed by atoms with van der Waals surface area (Å²) in [7, 11) is 0. The maximum Gasteiger partial charge on any atom is 0.417 e. The molecule has 3 rings (SSSR count). The molecule has 0 saturated carbocycles. The highest BCUT2D eigenvalue weighted by Gasteiger charge is 2.30. The first kappa shape index (κ1) is 23.3. The second-order valence-corrected chi connectivity index (χ2v) is 7.75. The van der Waals surface area contributed by atoms with E-state index in [0.717, 1.165) is 38.6 Å². The Morgan fingerprint density at radius 1 is 1.09 bits per heavy atom. The molecule has 2 heterocycles. The zero-order chi connectivity index (χ0) is 23.5. The predicted molar refractivity (Wildman–Crippen MR) is 115 cm³/mol. The molecule has 0 spiro atoms. The van der Waals surface area contributed by atoms with Crippen LogP contribution in [0.1, 0.15) is 28.4 Å². The number of nitrogens with zero attached hydrogens (tertiary/aromatic N) is 3. The molecule has 0 radical (unpaired) electrons. The Hall–Kier alpha value is -3.34. The van der Waals surface area contributed by atoms with Gasteiger partial charge in [-0.1, -0.05) is 42.1 Å². The number of benzene rings is 1. The normalized spacial score (nSPS) is 11.5. The van der Waals surface area contributed by atoms with Crippen LogP contribution in [0, 0.1) is 0 Å². The minimum atomic E-state index is -4.52. The predicted octanol–water partition coefficient (Wildman–Crippen LogP) is 3.05. The van der Waals surface area contributed by atoms with Crippen LogP contribution in [-0.4, -0.2) is 25.7 Å². The van der Waals surface area contributed by atoms with Crippen LogP contribution in [0.25, 0.3) is 0 Å². The summed E-state index contributed by atoms with van der Waals surface area (Å²) in [6, 6.07) is 10.9. The van der Waals surface area contributed by atoms with Crippen molar-refractivity contribution in [2.75, 3.05) is 11.5 Å². The smallest absolute Gasteiger partial charge is 0.384 e. The number of anilines is 1. The van der Waals surface area contributed by atoms with Crippen molar-refractivity contribution >= 4 is 23.4 Å². The molecular weight excluding hydrogens is 445 g/mol. The third kappa shape index (κ3) is 4.93. The first-order valence-corrected chi connectivity index (χ1v) is 10.5. The van der Waals surface area contributed by atoms with E-state index in [1.807, 2.05) is 6.07 Å². The monoisotopic (exact) mass is 464 g/mol. The molecule has 0 unspecified atom stereocenters. The van der Waals surface area contributed by atoms with Gasteiger partial charge in [0.25, 0.3) is 5.56 Å². The molecule has 0 aliphatic heterocycles. The number of aromatic nitrogens is 3. The SMILES string of the molecule is CCn1c(=O)c(C(=O)CSc2ccc(C(F)(F)F)cn2)c(N)n(Cc2ccccc2)c1=O. The van der Waals surface area contributed by atoms with Crippen molar-refractivity contribution in [1.29, 1.82) is 0 Å². The fourth-order valence-corrected chi connectivity index (χ4v) is 3.73. The summed E-state index contributed by atoms with van der Waals surface area (Å²) in [6.45, 7) is 1.71. The molecule has 0 fully saturated rings. The number of pyridine rings is 1. The van der Waals surface area contributed by atoms with E-state index in [9.17, 15) is 27.6 Å². The average Bonchev–Trinajstić information content (AvgIpc) is 2.76. The van der Waals surface area contributed by atoms with Gasteiger partial charge in [0.05, 0.1) is 22.9 Å². The minimum Gasteiger partial charge on any atom is -0.384 e. The summed E-state index contributed by atoms with van der Waals surface area (Å²) in [5.41, 5.74) is 4.16. The number of nitrogen functional groups attached to an aromatic ring is 1. The van der Waals surface area contributed by atoms with E-state index < -0.39 is 28.8 Å². The number of ketones is 1. The van der Waals surface area contributed by atoms with Gasteiger partial charge in [0.15, 0.2) is 5.78 Å². The van der Waals surface area contributed by atoms with E-state index >= 15 is 0 Å². The molecule has 3 aromatic rings. The molecule has 0 bridgehead atoms. The lowest BCUT2D eigenvalue weighted by Gasteiger charge is -2.15. The summed E-state index contributed by atoms with van der Waals surface area (Å²) < 4.78 is 40.1. The van der Waals surface area contributed by atoms with Gasteiger partial charge in [-0.25, -0.2) is 9.78 Å². The molecule has 7 nitrogen and oxygen atoms in total. The average molecular weight is 464 g/mol. The van der Waals surface area contributed by atoms with Gasteiger partial charge >= 0.3 is 11.9 Å². The Balaban J connectivity index is 1.91. The van der Waals surface area contributed by atoms with Gasteiger partial charge in [0, 0.05) is 12.7 Å². The molecule has 0 aliphatic rings. The van der Waals surface area contributed by atoms with E-state index in [1.165, 1.54) is 0 Å². The number of carbonyl (C=O) groups is 1. The van der Waals surface area contributed by atoms with Crippen LogP contribution in [0.5, 0.6) is 0 Å². The number of nitrogens with two attached hydrogens (primary N) is 1. The van der Waals surface area contributed by atoms with Crippen molar-refractivity contribution in [3.8, 4) is 0 Å². The molecule has 0 amide bonds. The lowest BCUT2D eigenvalue weighted by atomic mass is 10.2. The molecule has 2 N–H and O–H groups in total. The molecule has 0 saturated heterocycles. The van der Waals surface area contributed by atoms with E-state index in [-0.39, 0.29) is 35.2 Å². The molecule has 0 atom stereocenters. The Morgan fingerprint density at radius 2 is 1.78 bits per heavy atom. The number of halogens is 3. The van der Waals surface area contributed by atoms with Crippen LogP contribution in [0.3, 0.4) is 0 Å². The number of thioether (sulfide) groups is 1. The van der Waals surface area contributed by atoms with Crippen LogP contribution in [0.2, 0.25) is 0 Å². The molecule has 168 valence electrons. The fraction of sp³-hybridized carbons (Fsp3) is 0.238. The molecule has 11 heteroatoms. The van der Waals surface area contributed by atoms with Crippen LogP contribution in [0.4, 0.5) is 19.0 Å². The topological polar surface area (TPSA) is 100.0 Å². The number of hydrogen-bond acceptors (Lipinski definition) is 6. The summed E-state index contributed by atoms with van der Waals surface area (Å²) >= 11 is 0.869. The van der Waals surface area contributed by atoms with Crippen LogP contribution >= 0.6 is 11.8 Å². The van der Waals surface area contributed by atoms with E-state index in [1.54, 1.807) is 31.2 Å². The number of carbonyl (C=O) groups excluding carboxylic acids is 1. The third-order valence-corrected chi connectivity index (χ3v) is 5.60. The highest BCUT2D eigenvalue weighted by Crippen LogP contribution is 2.29. The summed E-state index contributed by atoms with van der Waals surface area (Å²) in [5, 5.41) is 0.179. The zero-order valence-corrected chi connectivity index (χ0v) is 17.7. The lowest BCUT2D eigenvalue weighted by Crippen LogP contribution is -2.44. The second kappa shape index (κ2) is 9.43. The van der Waals surface area contributed by atoms with E-state index in [4.69, 9.17) is 5.73 Å². The zero-order valence-electron chi connectivity index (χ0n) is 16.9. The van der Waals surface area contributed by atoms with Gasteiger partial charge in [0.1, 0.15) is 11.4 Å². The van der Waals surface area contributed by atoms with Crippen molar-refractivity contribution in [2.24, 2.45) is 0 Å². The van der Waals surface area contributed by atoms with Gasteiger partial charge in [-0.2, -0.15) is 13.2 Å². The van der Waals surface area contributed by atoms with Crippen molar-refractivity contribution in [2.45, 2.75) is 31.2 Å². The van der Waals surface area contributed by atoms with Gasteiger partial charge in [-0.05, 0) is 24.6 Å². The highest BCUT2D eigenvalue weighted by molar-refractivity contribution is 7.99. The maximum absolute atomic E-state index is 12.8. The third-order valence-electron chi connectivity index (χ3n) is 4.66. The van der Waals surface area contributed by atoms with Crippen molar-refractivity contribution in [3.63, 3.8) is 0 Å². The standard InChI is InChI=1S/C21H19F3N4O3S/c1-2-27-19(30)17(18(25)28(20(27)31)11-13-6-4-3-5-7-13)15(29)12-32-16-9-8-14(10-26-16)21(22,23)24/h3-10H,2,11-12,25H2,1H3. The Labute approximate surface area is 184 Å². The van der Waals surface area contributed by atoms with Crippen LogP contribution < -0.4 is 17.0 Å². The quantitative estimate of drug-likeness (QED) is 0.426. The second-order valence-electron chi connectivity index (χ2n) is 6.76. The maximum atomic E-state index is 12.8. The van der Waals surface area contributed by atoms with E-state index in [2.05, 4.69) is 4.98 Å². The van der Waals surface area contributed by atoms with Gasteiger partial charge in [-0.3, -0.25) is 18.7 Å². The molecule has 1 aromatic carbocycles. The van der Waals surface area contributed by atoms with Crippen molar-refractivity contribution < 1.29 is 18.0 Å².